The molecule has 0 bridgehead atoms. The lowest BCUT2D eigenvalue weighted by Gasteiger charge is -2.43. The van der Waals surface area contributed by atoms with Crippen LogP contribution in [0.5, 0.6) is 0 Å². The van der Waals surface area contributed by atoms with E-state index in [0.717, 1.165) is 32.4 Å². The molecule has 2 fully saturated rings. The zero-order valence-corrected chi connectivity index (χ0v) is 14.5. The molecule has 0 aromatic heterocycles. The van der Waals surface area contributed by atoms with E-state index < -0.39 is 0 Å². The van der Waals surface area contributed by atoms with Crippen molar-refractivity contribution in [2.75, 3.05) is 20.2 Å². The number of methoxy groups -OCH3 is 1. The number of ether oxygens (including phenoxy) is 1. The number of carbonyl (C=O) groups is 1. The molecular weight excluding hydrogens is 286 g/mol. The second-order valence-corrected chi connectivity index (χ2v) is 7.38. The fraction of sp³-hybridized carbons (Fsp3) is 0.650. The Morgan fingerprint density at radius 2 is 2.00 bits per heavy atom. The summed E-state index contributed by atoms with van der Waals surface area (Å²) in [6.07, 6.45) is 7.76. The Balaban J connectivity index is 1.58. The summed E-state index contributed by atoms with van der Waals surface area (Å²) in [4.78, 5) is 14.8. The van der Waals surface area contributed by atoms with E-state index in [2.05, 4.69) is 36.1 Å². The number of piperidine rings is 1. The monoisotopic (exact) mass is 315 g/mol. The van der Waals surface area contributed by atoms with Crippen molar-refractivity contribution >= 4 is 5.91 Å². The van der Waals surface area contributed by atoms with Crippen molar-refractivity contribution in [2.24, 2.45) is 5.41 Å². The predicted octanol–water partition coefficient (Wildman–Crippen LogP) is 3.74. The van der Waals surface area contributed by atoms with Gasteiger partial charge in [0.05, 0.1) is 6.10 Å². The van der Waals surface area contributed by atoms with Crippen LogP contribution in [0.3, 0.4) is 0 Å². The summed E-state index contributed by atoms with van der Waals surface area (Å²) < 4.78 is 5.74. The Kier molecular flexibility index (Phi) is 5.05. The largest absolute Gasteiger partial charge is 0.381 e. The van der Waals surface area contributed by atoms with Gasteiger partial charge in [-0.1, -0.05) is 36.2 Å². The molecule has 0 unspecified atom stereocenters. The quantitative estimate of drug-likeness (QED) is 0.847. The number of aryl methyl sites for hydroxylation is 2. The smallest absolute Gasteiger partial charge is 0.222 e. The summed E-state index contributed by atoms with van der Waals surface area (Å²) in [5.74, 6) is 0.311. The summed E-state index contributed by atoms with van der Waals surface area (Å²) >= 11 is 0. The third-order valence-electron chi connectivity index (χ3n) is 5.82. The van der Waals surface area contributed by atoms with Crippen molar-refractivity contribution in [1.82, 2.24) is 4.90 Å². The van der Waals surface area contributed by atoms with Crippen LogP contribution in [0.1, 0.15) is 49.7 Å². The molecule has 1 saturated carbocycles. The van der Waals surface area contributed by atoms with E-state index in [1.807, 2.05) is 7.11 Å². The molecular formula is C20H29NO2. The molecule has 3 rings (SSSR count). The third-order valence-corrected chi connectivity index (χ3v) is 5.82. The van der Waals surface area contributed by atoms with Crippen molar-refractivity contribution < 1.29 is 9.53 Å². The first kappa shape index (κ1) is 16.5. The molecule has 3 heteroatoms. The van der Waals surface area contributed by atoms with Gasteiger partial charge in [0.15, 0.2) is 0 Å². The zero-order chi connectivity index (χ0) is 16.3. The zero-order valence-electron chi connectivity index (χ0n) is 14.5. The molecule has 1 aromatic carbocycles. The Hall–Kier alpha value is -1.35. The number of hydrogen-bond donors (Lipinski definition) is 0. The topological polar surface area (TPSA) is 29.5 Å². The number of benzene rings is 1. The van der Waals surface area contributed by atoms with Crippen LogP contribution in [0.2, 0.25) is 0 Å². The number of carbonyl (C=O) groups excluding carboxylic acids is 1. The highest BCUT2D eigenvalue weighted by Crippen LogP contribution is 2.46. The van der Waals surface area contributed by atoms with Gasteiger partial charge in [-0.25, -0.2) is 0 Å². The number of nitrogens with zero attached hydrogens (tertiary/aromatic N) is 1. The first-order valence-electron chi connectivity index (χ1n) is 8.99. The van der Waals surface area contributed by atoms with Gasteiger partial charge in [0.2, 0.25) is 5.91 Å². The molecule has 3 nitrogen and oxygen atoms in total. The van der Waals surface area contributed by atoms with E-state index in [4.69, 9.17) is 4.74 Å². The molecule has 1 aromatic rings. The van der Waals surface area contributed by atoms with E-state index in [9.17, 15) is 4.79 Å². The van der Waals surface area contributed by atoms with Crippen LogP contribution in [-0.2, 0) is 16.0 Å². The molecule has 1 aliphatic carbocycles. The Morgan fingerprint density at radius 3 is 2.74 bits per heavy atom. The lowest BCUT2D eigenvalue weighted by Crippen LogP contribution is -2.49. The first-order chi connectivity index (χ1) is 11.1. The molecule has 1 aliphatic heterocycles. The summed E-state index contributed by atoms with van der Waals surface area (Å²) in [6.45, 7) is 3.92. The number of hydrogen-bond acceptors (Lipinski definition) is 2. The van der Waals surface area contributed by atoms with Crippen LogP contribution in [0.15, 0.2) is 24.3 Å². The van der Waals surface area contributed by atoms with Gasteiger partial charge in [-0.2, -0.15) is 0 Å². The van der Waals surface area contributed by atoms with Gasteiger partial charge < -0.3 is 9.64 Å². The molecule has 2 aliphatic rings. The maximum atomic E-state index is 12.7. The molecule has 23 heavy (non-hydrogen) atoms. The van der Waals surface area contributed by atoms with Crippen LogP contribution >= 0.6 is 0 Å². The number of rotatable bonds is 4. The normalized spacial score (nSPS) is 27.6. The lowest BCUT2D eigenvalue weighted by atomic mass is 9.76. The van der Waals surface area contributed by atoms with E-state index >= 15 is 0 Å². The fourth-order valence-electron chi connectivity index (χ4n) is 4.48. The molecule has 0 N–H and O–H groups in total. The average molecular weight is 315 g/mol. The molecule has 1 saturated heterocycles. The minimum absolute atomic E-state index is 0.229. The highest BCUT2D eigenvalue weighted by Gasteiger charge is 2.46. The summed E-state index contributed by atoms with van der Waals surface area (Å²) in [5.41, 5.74) is 2.75. The minimum Gasteiger partial charge on any atom is -0.381 e. The molecule has 126 valence electrons. The van der Waals surface area contributed by atoms with Gasteiger partial charge >= 0.3 is 0 Å². The summed E-state index contributed by atoms with van der Waals surface area (Å²) in [5, 5.41) is 0. The molecule has 1 spiro atoms. The average Bonchev–Trinajstić information content (AvgIpc) is 2.95. The molecule has 1 heterocycles. The van der Waals surface area contributed by atoms with Gasteiger partial charge in [0.1, 0.15) is 0 Å². The minimum atomic E-state index is 0.229. The maximum absolute atomic E-state index is 12.7. The van der Waals surface area contributed by atoms with Crippen LogP contribution < -0.4 is 0 Å². The fourth-order valence-corrected chi connectivity index (χ4v) is 4.48. The van der Waals surface area contributed by atoms with E-state index in [1.165, 1.54) is 30.4 Å². The van der Waals surface area contributed by atoms with Gasteiger partial charge in [0.25, 0.3) is 0 Å². The van der Waals surface area contributed by atoms with E-state index in [1.54, 1.807) is 0 Å². The molecule has 2 atom stereocenters. The van der Waals surface area contributed by atoms with Crippen LogP contribution in [0.4, 0.5) is 0 Å². The van der Waals surface area contributed by atoms with Crippen LogP contribution in [-0.4, -0.2) is 37.1 Å². The highest BCUT2D eigenvalue weighted by molar-refractivity contribution is 5.76. The van der Waals surface area contributed by atoms with E-state index in [-0.39, 0.29) is 5.41 Å². The van der Waals surface area contributed by atoms with Gasteiger partial charge in [0, 0.05) is 32.0 Å². The third kappa shape index (κ3) is 3.60. The van der Waals surface area contributed by atoms with Gasteiger partial charge in [-0.15, -0.1) is 0 Å². The van der Waals surface area contributed by atoms with Gasteiger partial charge in [-0.05, 0) is 44.6 Å². The van der Waals surface area contributed by atoms with Crippen molar-refractivity contribution in [3.63, 3.8) is 0 Å². The summed E-state index contributed by atoms with van der Waals surface area (Å²) in [6, 6.07) is 8.52. The van der Waals surface area contributed by atoms with Crippen molar-refractivity contribution in [3.05, 3.63) is 35.4 Å². The van der Waals surface area contributed by atoms with Crippen molar-refractivity contribution in [3.8, 4) is 0 Å². The van der Waals surface area contributed by atoms with Gasteiger partial charge in [-0.3, -0.25) is 4.79 Å². The van der Waals surface area contributed by atoms with Crippen molar-refractivity contribution in [2.45, 2.75) is 58.0 Å². The van der Waals surface area contributed by atoms with Crippen LogP contribution in [0, 0.1) is 12.3 Å². The SMILES string of the molecule is CO[C@@H]1CCC[C@]12CCCN(C(=O)CCc1ccc(C)cc1)C2. The Labute approximate surface area is 140 Å². The second kappa shape index (κ2) is 7.04. The molecule has 0 radical (unpaired) electrons. The Bertz CT molecular complexity index is 539. The maximum Gasteiger partial charge on any atom is 0.222 e. The number of amides is 1. The van der Waals surface area contributed by atoms with E-state index in [0.29, 0.717) is 18.4 Å². The second-order valence-electron chi connectivity index (χ2n) is 7.38. The Morgan fingerprint density at radius 1 is 1.26 bits per heavy atom. The predicted molar refractivity (Wildman–Crippen MR) is 92.4 cm³/mol. The summed E-state index contributed by atoms with van der Waals surface area (Å²) in [7, 11) is 1.83. The number of likely N-dealkylation sites (tertiary alicyclic amines) is 1. The highest BCUT2D eigenvalue weighted by atomic mass is 16.5. The molecule has 1 amide bonds. The van der Waals surface area contributed by atoms with Crippen molar-refractivity contribution in [1.29, 1.82) is 0 Å². The first-order valence-corrected chi connectivity index (χ1v) is 8.99. The standard InChI is InChI=1S/C20H29NO2/c1-16-6-8-17(9-7-16)10-11-19(22)21-14-4-13-20(15-21)12-3-5-18(20)23-2/h6-9,18H,3-5,10-15H2,1-2H3/t18-,20-/m1/s1. The lowest BCUT2D eigenvalue weighted by molar-refractivity contribution is -0.137. The van der Waals surface area contributed by atoms with Crippen LogP contribution in [0.25, 0.3) is 0 Å².